The van der Waals surface area contributed by atoms with Crippen molar-refractivity contribution in [3.63, 3.8) is 0 Å². The zero-order valence-electron chi connectivity index (χ0n) is 11.1. The quantitative estimate of drug-likeness (QED) is 0.709. The molecule has 3 aromatic heterocycles. The van der Waals surface area contributed by atoms with Gasteiger partial charge in [0.1, 0.15) is 5.65 Å². The first-order chi connectivity index (χ1) is 9.84. The Hall–Kier alpha value is -1.68. The number of nitrogens with zero attached hydrogens (tertiary/aromatic N) is 2. The number of H-pyrrole nitrogens is 1. The summed E-state index contributed by atoms with van der Waals surface area (Å²) in [6, 6.07) is 8.23. The van der Waals surface area contributed by atoms with Gasteiger partial charge >= 0.3 is 0 Å². The number of hydrogen-bond donors (Lipinski definition) is 1. The van der Waals surface area contributed by atoms with Gasteiger partial charge in [0.05, 0.1) is 0 Å². The maximum atomic E-state index is 4.35. The summed E-state index contributed by atoms with van der Waals surface area (Å²) in [5.74, 6) is 0. The van der Waals surface area contributed by atoms with Gasteiger partial charge in [-0.3, -0.25) is 4.98 Å². The first-order valence-corrected chi connectivity index (χ1v) is 7.64. The van der Waals surface area contributed by atoms with E-state index in [1.807, 2.05) is 24.7 Å². The van der Waals surface area contributed by atoms with Crippen molar-refractivity contribution in [1.82, 2.24) is 15.0 Å². The summed E-state index contributed by atoms with van der Waals surface area (Å²) >= 11 is 3.67. The van der Waals surface area contributed by atoms with Gasteiger partial charge in [-0.25, -0.2) is 4.98 Å². The highest BCUT2D eigenvalue weighted by molar-refractivity contribution is 9.10. The van der Waals surface area contributed by atoms with Crippen molar-refractivity contribution in [2.24, 2.45) is 0 Å². The molecule has 0 fully saturated rings. The molecular formula is C16H16BrN3. The molecule has 3 heterocycles. The van der Waals surface area contributed by atoms with Crippen LogP contribution < -0.4 is 0 Å². The normalized spacial score (nSPS) is 11.1. The van der Waals surface area contributed by atoms with E-state index < -0.39 is 0 Å². The van der Waals surface area contributed by atoms with Crippen molar-refractivity contribution >= 4 is 27.0 Å². The molecule has 0 aliphatic carbocycles. The predicted octanol–water partition coefficient (Wildman–Crippen LogP) is 4.29. The fourth-order valence-corrected chi connectivity index (χ4v) is 3.01. The third-order valence-corrected chi connectivity index (χ3v) is 4.38. The van der Waals surface area contributed by atoms with Crippen molar-refractivity contribution in [2.75, 3.05) is 0 Å². The lowest BCUT2D eigenvalue weighted by Gasteiger charge is -2.01. The molecule has 3 aromatic rings. The van der Waals surface area contributed by atoms with Crippen LogP contribution in [0.5, 0.6) is 0 Å². The molecule has 102 valence electrons. The number of nitrogens with one attached hydrogen (secondary N) is 1. The molecule has 4 heteroatoms. The number of hydrogen-bond acceptors (Lipinski definition) is 2. The van der Waals surface area contributed by atoms with Crippen LogP contribution in [0.1, 0.15) is 24.1 Å². The largest absolute Gasteiger partial charge is 0.342 e. The molecule has 0 radical (unpaired) electrons. The van der Waals surface area contributed by atoms with Crippen LogP contribution in [0.3, 0.4) is 0 Å². The highest BCUT2D eigenvalue weighted by Gasteiger charge is 2.08. The smallest absolute Gasteiger partial charge is 0.138 e. The molecule has 3 nitrogen and oxygen atoms in total. The van der Waals surface area contributed by atoms with E-state index in [1.165, 1.54) is 17.7 Å². The predicted molar refractivity (Wildman–Crippen MR) is 84.7 cm³/mol. The SMILES string of the molecule is Brc1c(CCCCc2ccncc2)[nH]c2ncccc12. The molecule has 0 amide bonds. The van der Waals surface area contributed by atoms with Crippen molar-refractivity contribution in [3.05, 3.63) is 58.6 Å². The summed E-state index contributed by atoms with van der Waals surface area (Å²) in [5, 5.41) is 1.16. The van der Waals surface area contributed by atoms with E-state index in [9.17, 15) is 0 Å². The van der Waals surface area contributed by atoms with Crippen LogP contribution in [-0.2, 0) is 12.8 Å². The maximum Gasteiger partial charge on any atom is 0.138 e. The van der Waals surface area contributed by atoms with Crippen LogP contribution in [0.25, 0.3) is 11.0 Å². The van der Waals surface area contributed by atoms with Crippen LogP contribution >= 0.6 is 15.9 Å². The molecular weight excluding hydrogens is 314 g/mol. The van der Waals surface area contributed by atoms with Crippen LogP contribution in [0.2, 0.25) is 0 Å². The molecule has 0 unspecified atom stereocenters. The van der Waals surface area contributed by atoms with Crippen molar-refractivity contribution in [2.45, 2.75) is 25.7 Å². The highest BCUT2D eigenvalue weighted by Crippen LogP contribution is 2.27. The number of aromatic amines is 1. The number of rotatable bonds is 5. The zero-order valence-corrected chi connectivity index (χ0v) is 12.7. The Bertz CT molecular complexity index is 691. The fraction of sp³-hybridized carbons (Fsp3) is 0.250. The Labute approximate surface area is 126 Å². The average Bonchev–Trinajstić information content (AvgIpc) is 2.82. The van der Waals surface area contributed by atoms with E-state index >= 15 is 0 Å². The van der Waals surface area contributed by atoms with Crippen molar-refractivity contribution in [1.29, 1.82) is 0 Å². The van der Waals surface area contributed by atoms with Gasteiger partial charge in [-0.2, -0.15) is 0 Å². The molecule has 1 N–H and O–H groups in total. The minimum atomic E-state index is 0.962. The fourth-order valence-electron chi connectivity index (χ4n) is 2.39. The molecule has 0 atom stereocenters. The Balaban J connectivity index is 1.59. The van der Waals surface area contributed by atoms with E-state index in [0.29, 0.717) is 0 Å². The van der Waals surface area contributed by atoms with E-state index in [2.05, 4.69) is 49.1 Å². The molecule has 0 saturated carbocycles. The first-order valence-electron chi connectivity index (χ1n) is 6.84. The van der Waals surface area contributed by atoms with Gasteiger partial charge in [0.25, 0.3) is 0 Å². The Kier molecular flexibility index (Phi) is 4.11. The average molecular weight is 330 g/mol. The standard InChI is InChI=1S/C16H16BrN3/c17-15-13-5-3-9-19-16(13)20-14(15)6-2-1-4-12-7-10-18-11-8-12/h3,5,7-11H,1-2,4,6H2,(H,19,20). The van der Waals surface area contributed by atoms with Gasteiger partial charge in [0.2, 0.25) is 0 Å². The van der Waals surface area contributed by atoms with Crippen LogP contribution in [0.4, 0.5) is 0 Å². The number of aromatic nitrogens is 3. The third kappa shape index (κ3) is 2.90. The molecule has 0 aliphatic heterocycles. The van der Waals surface area contributed by atoms with Crippen LogP contribution in [0, 0.1) is 0 Å². The van der Waals surface area contributed by atoms with Gasteiger partial charge in [0, 0.05) is 34.1 Å². The second kappa shape index (κ2) is 6.18. The number of pyridine rings is 2. The highest BCUT2D eigenvalue weighted by atomic mass is 79.9. The molecule has 0 bridgehead atoms. The molecule has 20 heavy (non-hydrogen) atoms. The number of unbranched alkanes of at least 4 members (excludes halogenated alkanes) is 1. The van der Waals surface area contributed by atoms with E-state index in [4.69, 9.17) is 0 Å². The minimum Gasteiger partial charge on any atom is -0.342 e. The Morgan fingerprint density at radius 1 is 1.00 bits per heavy atom. The van der Waals surface area contributed by atoms with Gasteiger partial charge in [0.15, 0.2) is 0 Å². The van der Waals surface area contributed by atoms with E-state index in [-0.39, 0.29) is 0 Å². The van der Waals surface area contributed by atoms with Gasteiger partial charge in [-0.15, -0.1) is 0 Å². The van der Waals surface area contributed by atoms with Gasteiger partial charge in [-0.1, -0.05) is 0 Å². The summed E-state index contributed by atoms with van der Waals surface area (Å²) in [6.07, 6.45) is 10.0. The van der Waals surface area contributed by atoms with Crippen LogP contribution in [-0.4, -0.2) is 15.0 Å². The third-order valence-electron chi connectivity index (χ3n) is 3.47. The summed E-state index contributed by atoms with van der Waals surface area (Å²) in [5.41, 5.74) is 3.56. The molecule has 0 saturated heterocycles. The van der Waals surface area contributed by atoms with Crippen molar-refractivity contribution < 1.29 is 0 Å². The summed E-state index contributed by atoms with van der Waals surface area (Å²) in [4.78, 5) is 11.8. The lowest BCUT2D eigenvalue weighted by Crippen LogP contribution is -1.90. The Morgan fingerprint density at radius 3 is 2.60 bits per heavy atom. The number of halogens is 1. The summed E-state index contributed by atoms with van der Waals surface area (Å²) in [7, 11) is 0. The number of aryl methyl sites for hydroxylation is 2. The topological polar surface area (TPSA) is 41.6 Å². The maximum absolute atomic E-state index is 4.35. The molecule has 3 rings (SSSR count). The molecule has 0 aliphatic rings. The lowest BCUT2D eigenvalue weighted by molar-refractivity contribution is 0.724. The summed E-state index contributed by atoms with van der Waals surface area (Å²) < 4.78 is 1.16. The monoisotopic (exact) mass is 329 g/mol. The number of fused-ring (bicyclic) bond motifs is 1. The Morgan fingerprint density at radius 2 is 1.80 bits per heavy atom. The minimum absolute atomic E-state index is 0.962. The van der Waals surface area contributed by atoms with Crippen molar-refractivity contribution in [3.8, 4) is 0 Å². The van der Waals surface area contributed by atoms with Crippen LogP contribution in [0.15, 0.2) is 47.3 Å². The zero-order chi connectivity index (χ0) is 13.8. The molecule has 0 aromatic carbocycles. The first kappa shape index (κ1) is 13.3. The lowest BCUT2D eigenvalue weighted by atomic mass is 10.1. The second-order valence-corrected chi connectivity index (χ2v) is 5.67. The molecule has 0 spiro atoms. The van der Waals surface area contributed by atoms with E-state index in [0.717, 1.165) is 34.8 Å². The second-order valence-electron chi connectivity index (χ2n) is 4.88. The summed E-state index contributed by atoms with van der Waals surface area (Å²) in [6.45, 7) is 0. The van der Waals surface area contributed by atoms with E-state index in [1.54, 1.807) is 0 Å². The van der Waals surface area contributed by atoms with Gasteiger partial charge < -0.3 is 4.98 Å². The van der Waals surface area contributed by atoms with Gasteiger partial charge in [-0.05, 0) is 71.4 Å².